The average Bonchev–Trinajstić information content (AvgIpc) is 2.96. The fourth-order valence-electron chi connectivity index (χ4n) is 1.70. The largest absolute Gasteiger partial charge is 0.296 e. The first kappa shape index (κ1) is 14.9. The monoisotopic (exact) mass is 350 g/mol. The highest BCUT2D eigenvalue weighted by atomic mass is 35.5. The van der Waals surface area contributed by atoms with Gasteiger partial charge in [0, 0.05) is 16.0 Å². The highest BCUT2D eigenvalue weighted by Gasteiger charge is 2.12. The summed E-state index contributed by atoms with van der Waals surface area (Å²) in [6, 6.07) is 7.31. The predicted octanol–water partition coefficient (Wildman–Crippen LogP) is 4.16. The number of aromatic nitrogens is 3. The summed E-state index contributed by atoms with van der Waals surface area (Å²) in [5, 5.41) is 5.81. The summed E-state index contributed by atoms with van der Waals surface area (Å²) >= 11 is 12.9. The summed E-state index contributed by atoms with van der Waals surface area (Å²) in [7, 11) is 0. The molecule has 1 amide bonds. The Labute approximate surface area is 140 Å². The Morgan fingerprint density at radius 2 is 1.86 bits per heavy atom. The van der Waals surface area contributed by atoms with Crippen LogP contribution in [0.1, 0.15) is 10.5 Å². The molecule has 0 saturated carbocycles. The molecule has 0 unspecified atom stereocenters. The number of rotatable bonds is 3. The molecule has 0 spiro atoms. The van der Waals surface area contributed by atoms with Gasteiger partial charge in [-0.3, -0.25) is 15.1 Å². The zero-order chi connectivity index (χ0) is 15.5. The molecule has 0 aliphatic heterocycles. The quantitative estimate of drug-likeness (QED) is 0.769. The van der Waals surface area contributed by atoms with E-state index >= 15 is 0 Å². The third kappa shape index (κ3) is 3.41. The van der Waals surface area contributed by atoms with E-state index in [2.05, 4.69) is 20.3 Å². The Morgan fingerprint density at radius 1 is 1.09 bits per heavy atom. The molecule has 3 aromatic rings. The van der Waals surface area contributed by atoms with Gasteiger partial charge in [-0.05, 0) is 12.1 Å². The molecule has 0 bridgehead atoms. The Morgan fingerprint density at radius 3 is 2.59 bits per heavy atom. The first-order valence-corrected chi connectivity index (χ1v) is 7.76. The van der Waals surface area contributed by atoms with Gasteiger partial charge < -0.3 is 0 Å². The molecule has 8 heteroatoms. The van der Waals surface area contributed by atoms with Gasteiger partial charge in [-0.1, -0.05) is 35.3 Å². The van der Waals surface area contributed by atoms with Crippen molar-refractivity contribution in [2.45, 2.75) is 0 Å². The molecule has 5 nitrogen and oxygen atoms in total. The minimum atomic E-state index is -0.410. The van der Waals surface area contributed by atoms with E-state index in [1.807, 2.05) is 17.5 Å². The van der Waals surface area contributed by atoms with E-state index in [0.717, 1.165) is 11.3 Å². The number of thiazole rings is 1. The second kappa shape index (κ2) is 6.39. The summed E-state index contributed by atoms with van der Waals surface area (Å²) in [4.78, 5) is 24.1. The van der Waals surface area contributed by atoms with Crippen LogP contribution in [0.2, 0.25) is 10.2 Å². The maximum absolute atomic E-state index is 12.0. The van der Waals surface area contributed by atoms with Crippen LogP contribution in [-0.4, -0.2) is 20.9 Å². The molecule has 1 N–H and O–H groups in total. The van der Waals surface area contributed by atoms with Crippen molar-refractivity contribution >= 4 is 45.6 Å². The standard InChI is InChI=1S/C14H8Cl2N4OS/c15-9-3-1-8(2-4-9)11-7-22-14(19-11)20-13(21)10-5-17-6-12(16)18-10/h1-7H,(H,19,20,21). The molecule has 110 valence electrons. The Bertz CT molecular complexity index is 820. The van der Waals surface area contributed by atoms with Gasteiger partial charge in [0.25, 0.3) is 5.91 Å². The van der Waals surface area contributed by atoms with Crippen LogP contribution in [0.4, 0.5) is 5.13 Å². The number of nitrogens with one attached hydrogen (secondary N) is 1. The van der Waals surface area contributed by atoms with Crippen LogP contribution in [0.15, 0.2) is 42.0 Å². The molecule has 0 aliphatic rings. The number of halogens is 2. The number of carbonyl (C=O) groups is 1. The van der Waals surface area contributed by atoms with Crippen molar-refractivity contribution in [1.29, 1.82) is 0 Å². The highest BCUT2D eigenvalue weighted by molar-refractivity contribution is 7.14. The van der Waals surface area contributed by atoms with E-state index < -0.39 is 5.91 Å². The highest BCUT2D eigenvalue weighted by Crippen LogP contribution is 2.26. The lowest BCUT2D eigenvalue weighted by Crippen LogP contribution is -2.13. The molecule has 0 aliphatic carbocycles. The number of benzene rings is 1. The van der Waals surface area contributed by atoms with E-state index in [-0.39, 0.29) is 10.8 Å². The smallest absolute Gasteiger partial charge is 0.277 e. The van der Waals surface area contributed by atoms with E-state index in [1.54, 1.807) is 12.1 Å². The molecule has 2 heterocycles. The van der Waals surface area contributed by atoms with Crippen LogP contribution >= 0.6 is 34.5 Å². The van der Waals surface area contributed by atoms with Gasteiger partial charge in [0.05, 0.1) is 18.1 Å². The third-order valence-corrected chi connectivity index (χ3v) is 3.89. The third-order valence-electron chi connectivity index (χ3n) is 2.70. The summed E-state index contributed by atoms with van der Waals surface area (Å²) in [5.74, 6) is -0.410. The number of anilines is 1. The first-order chi connectivity index (χ1) is 10.6. The first-order valence-electron chi connectivity index (χ1n) is 6.12. The van der Waals surface area contributed by atoms with E-state index in [1.165, 1.54) is 23.7 Å². The second-order valence-corrected chi connectivity index (χ2v) is 5.91. The zero-order valence-electron chi connectivity index (χ0n) is 11.0. The average molecular weight is 351 g/mol. The lowest BCUT2D eigenvalue weighted by molar-refractivity contribution is 0.102. The van der Waals surface area contributed by atoms with Crippen molar-refractivity contribution < 1.29 is 4.79 Å². The minimum absolute atomic E-state index is 0.135. The normalized spacial score (nSPS) is 10.5. The van der Waals surface area contributed by atoms with Crippen molar-refractivity contribution in [3.8, 4) is 11.3 Å². The number of hydrogen-bond donors (Lipinski definition) is 1. The van der Waals surface area contributed by atoms with Crippen LogP contribution in [0.3, 0.4) is 0 Å². The number of carbonyl (C=O) groups excluding carboxylic acids is 1. The number of hydrogen-bond acceptors (Lipinski definition) is 5. The minimum Gasteiger partial charge on any atom is -0.296 e. The summed E-state index contributed by atoms with van der Waals surface area (Å²) < 4.78 is 0. The van der Waals surface area contributed by atoms with Crippen molar-refractivity contribution in [3.05, 3.63) is 57.9 Å². The van der Waals surface area contributed by atoms with Gasteiger partial charge in [-0.25, -0.2) is 9.97 Å². The fraction of sp³-hybridized carbons (Fsp3) is 0. The molecular formula is C14H8Cl2N4OS. The maximum Gasteiger partial charge on any atom is 0.277 e. The van der Waals surface area contributed by atoms with Crippen LogP contribution in [-0.2, 0) is 0 Å². The molecule has 0 fully saturated rings. The van der Waals surface area contributed by atoms with Crippen LogP contribution in [0, 0.1) is 0 Å². The van der Waals surface area contributed by atoms with Gasteiger partial charge in [-0.15, -0.1) is 11.3 Å². The zero-order valence-corrected chi connectivity index (χ0v) is 13.3. The van der Waals surface area contributed by atoms with Crippen molar-refractivity contribution in [3.63, 3.8) is 0 Å². The maximum atomic E-state index is 12.0. The van der Waals surface area contributed by atoms with Gasteiger partial charge in [0.2, 0.25) is 0 Å². The van der Waals surface area contributed by atoms with Crippen molar-refractivity contribution in [2.75, 3.05) is 5.32 Å². The van der Waals surface area contributed by atoms with Crippen molar-refractivity contribution in [1.82, 2.24) is 15.0 Å². The topological polar surface area (TPSA) is 67.8 Å². The van der Waals surface area contributed by atoms with Gasteiger partial charge >= 0.3 is 0 Å². The number of amides is 1. The van der Waals surface area contributed by atoms with Gasteiger partial charge in [-0.2, -0.15) is 0 Å². The Hall–Kier alpha value is -2.02. The molecule has 1 aromatic carbocycles. The predicted molar refractivity (Wildman–Crippen MR) is 87.6 cm³/mol. The molecule has 3 rings (SSSR count). The molecular weight excluding hydrogens is 343 g/mol. The van der Waals surface area contributed by atoms with Crippen LogP contribution in [0.25, 0.3) is 11.3 Å². The molecule has 0 saturated heterocycles. The van der Waals surface area contributed by atoms with Crippen molar-refractivity contribution in [2.24, 2.45) is 0 Å². The summed E-state index contributed by atoms with van der Waals surface area (Å²) in [5.41, 5.74) is 1.81. The van der Waals surface area contributed by atoms with E-state index in [4.69, 9.17) is 23.2 Å². The van der Waals surface area contributed by atoms with E-state index in [9.17, 15) is 4.79 Å². The summed E-state index contributed by atoms with van der Waals surface area (Å²) in [6.45, 7) is 0. The Balaban J connectivity index is 1.77. The number of nitrogens with zero attached hydrogens (tertiary/aromatic N) is 3. The SMILES string of the molecule is O=C(Nc1nc(-c2ccc(Cl)cc2)cs1)c1cncc(Cl)n1. The molecule has 2 aromatic heterocycles. The van der Waals surface area contributed by atoms with E-state index in [0.29, 0.717) is 10.2 Å². The van der Waals surface area contributed by atoms with Gasteiger partial charge in [0.1, 0.15) is 10.8 Å². The van der Waals surface area contributed by atoms with Crippen LogP contribution < -0.4 is 5.32 Å². The van der Waals surface area contributed by atoms with Crippen LogP contribution in [0.5, 0.6) is 0 Å². The Kier molecular flexibility index (Phi) is 4.33. The van der Waals surface area contributed by atoms with Gasteiger partial charge in [0.15, 0.2) is 5.13 Å². The summed E-state index contributed by atoms with van der Waals surface area (Å²) in [6.07, 6.45) is 2.70. The lowest BCUT2D eigenvalue weighted by atomic mass is 10.2. The lowest BCUT2D eigenvalue weighted by Gasteiger charge is -2.00. The fourth-order valence-corrected chi connectivity index (χ4v) is 2.69. The molecule has 0 radical (unpaired) electrons. The second-order valence-electron chi connectivity index (χ2n) is 4.23. The molecule has 0 atom stereocenters. The molecule has 22 heavy (non-hydrogen) atoms.